The molecule has 1 radical (unpaired) electrons. The molecule has 2 nitrogen and oxygen atoms in total. The zero-order valence-corrected chi connectivity index (χ0v) is 3.77. The average Bonchev–Trinajstić information content (AvgIpc) is 1.35. The highest BCUT2D eigenvalue weighted by Gasteiger charge is 1.73. The van der Waals surface area contributed by atoms with Crippen molar-refractivity contribution < 1.29 is 4.74 Å². The minimum Gasteiger partial charge on any atom is -0.480 e. The quantitative estimate of drug-likeness (QED) is 0.489. The van der Waals surface area contributed by atoms with Crippen molar-refractivity contribution in [1.29, 1.82) is 0 Å². The first kappa shape index (κ1) is 5.34. The third kappa shape index (κ3) is 3.34. The Morgan fingerprint density at radius 2 is 2.50 bits per heavy atom. The molecule has 0 aromatic carbocycles. The Morgan fingerprint density at radius 3 is 2.50 bits per heavy atom. The molecule has 0 aliphatic carbocycles. The fraction of sp³-hybridized carbons (Fsp3) is 0.500. The van der Waals surface area contributed by atoms with E-state index in [1.807, 2.05) is 6.92 Å². The van der Waals surface area contributed by atoms with Crippen LogP contribution < -0.4 is 5.73 Å². The minimum atomic E-state index is 0.0394. The van der Waals surface area contributed by atoms with Crippen LogP contribution in [0.3, 0.4) is 0 Å². The third-order valence-corrected chi connectivity index (χ3v) is 0.311. The molecule has 6 heavy (non-hydrogen) atoms. The number of hydrogen-bond donors (Lipinski definition) is 1. The summed E-state index contributed by atoms with van der Waals surface area (Å²) < 4.78 is 4.51. The van der Waals surface area contributed by atoms with Gasteiger partial charge in [-0.2, -0.15) is 0 Å². The summed E-state index contributed by atoms with van der Waals surface area (Å²) in [5.41, 5.74) is 4.88. The van der Waals surface area contributed by atoms with Gasteiger partial charge in [0.15, 0.2) is 5.88 Å². The standard InChI is InChI=1S/C4H8NO/c1-3-6-4(2)5/h2H,3,5H2,1H3. The first-order chi connectivity index (χ1) is 2.77. The van der Waals surface area contributed by atoms with Gasteiger partial charge in [0.2, 0.25) is 0 Å². The van der Waals surface area contributed by atoms with E-state index < -0.39 is 0 Å². The van der Waals surface area contributed by atoms with Gasteiger partial charge in [-0.3, -0.25) is 0 Å². The zero-order valence-electron chi connectivity index (χ0n) is 3.77. The van der Waals surface area contributed by atoms with Crippen LogP contribution in [0.15, 0.2) is 5.88 Å². The Bertz CT molecular complexity index is 51.5. The van der Waals surface area contributed by atoms with Crippen LogP contribution >= 0.6 is 0 Å². The second-order valence-electron chi connectivity index (χ2n) is 0.835. The number of nitrogens with two attached hydrogens (primary N) is 1. The van der Waals surface area contributed by atoms with Crippen LogP contribution in [0, 0.1) is 6.58 Å². The molecule has 0 saturated heterocycles. The number of rotatable bonds is 2. The molecule has 0 amide bonds. The lowest BCUT2D eigenvalue weighted by molar-refractivity contribution is 0.227. The van der Waals surface area contributed by atoms with E-state index in [4.69, 9.17) is 12.3 Å². The van der Waals surface area contributed by atoms with Crippen molar-refractivity contribution >= 4 is 0 Å². The van der Waals surface area contributed by atoms with Gasteiger partial charge in [0.1, 0.15) is 0 Å². The van der Waals surface area contributed by atoms with Gasteiger partial charge in [0.25, 0.3) is 0 Å². The fourth-order valence-corrected chi connectivity index (χ4v) is 0.167. The van der Waals surface area contributed by atoms with Crippen molar-refractivity contribution in [1.82, 2.24) is 0 Å². The Labute approximate surface area is 37.6 Å². The maximum Gasteiger partial charge on any atom is 0.184 e. The second kappa shape index (κ2) is 2.57. The van der Waals surface area contributed by atoms with E-state index in [2.05, 4.69) is 4.74 Å². The number of hydrogen-bond acceptors (Lipinski definition) is 2. The Balaban J connectivity index is 2.83. The molecule has 0 heterocycles. The van der Waals surface area contributed by atoms with E-state index in [0.717, 1.165) is 0 Å². The van der Waals surface area contributed by atoms with Gasteiger partial charge in [0.05, 0.1) is 6.61 Å². The van der Waals surface area contributed by atoms with E-state index in [9.17, 15) is 0 Å². The first-order valence-corrected chi connectivity index (χ1v) is 1.78. The van der Waals surface area contributed by atoms with Gasteiger partial charge in [-0.25, -0.2) is 0 Å². The molecule has 0 atom stereocenters. The zero-order chi connectivity index (χ0) is 4.99. The van der Waals surface area contributed by atoms with Gasteiger partial charge >= 0.3 is 0 Å². The van der Waals surface area contributed by atoms with E-state index in [-0.39, 0.29) is 5.88 Å². The monoisotopic (exact) mass is 86.1 g/mol. The van der Waals surface area contributed by atoms with Crippen LogP contribution in [0.2, 0.25) is 0 Å². The molecule has 0 aromatic rings. The highest BCUT2D eigenvalue weighted by molar-refractivity contribution is 4.64. The summed E-state index contributed by atoms with van der Waals surface area (Å²) in [5, 5.41) is 0. The van der Waals surface area contributed by atoms with Gasteiger partial charge in [-0.1, -0.05) is 0 Å². The summed E-state index contributed by atoms with van der Waals surface area (Å²) in [5.74, 6) is 0.0394. The molecular formula is C4H8NO. The van der Waals surface area contributed by atoms with Crippen LogP contribution in [-0.4, -0.2) is 6.61 Å². The third-order valence-electron chi connectivity index (χ3n) is 0.311. The highest BCUT2D eigenvalue weighted by atomic mass is 16.5. The lowest BCUT2D eigenvalue weighted by atomic mass is 10.8. The molecule has 35 valence electrons. The van der Waals surface area contributed by atoms with Gasteiger partial charge in [-0.05, 0) is 6.92 Å². The molecule has 0 aliphatic rings. The van der Waals surface area contributed by atoms with Gasteiger partial charge in [-0.15, -0.1) is 0 Å². The predicted octanol–water partition coefficient (Wildman–Crippen LogP) is 0.256. The summed E-state index contributed by atoms with van der Waals surface area (Å²) in [6.07, 6.45) is 0. The second-order valence-corrected chi connectivity index (χ2v) is 0.835. The maximum absolute atomic E-state index is 4.88. The van der Waals surface area contributed by atoms with Crippen molar-refractivity contribution in [3.05, 3.63) is 12.5 Å². The topological polar surface area (TPSA) is 35.2 Å². The van der Waals surface area contributed by atoms with Crippen LogP contribution in [-0.2, 0) is 4.74 Å². The van der Waals surface area contributed by atoms with Gasteiger partial charge in [0, 0.05) is 6.58 Å². The van der Waals surface area contributed by atoms with Crippen LogP contribution in [0.5, 0.6) is 0 Å². The number of ether oxygens (including phenoxy) is 1. The van der Waals surface area contributed by atoms with Crippen LogP contribution in [0.1, 0.15) is 6.92 Å². The summed E-state index contributed by atoms with van der Waals surface area (Å²) in [6.45, 7) is 7.24. The van der Waals surface area contributed by atoms with Crippen molar-refractivity contribution in [2.24, 2.45) is 5.73 Å². The fourth-order valence-electron chi connectivity index (χ4n) is 0.167. The van der Waals surface area contributed by atoms with E-state index >= 15 is 0 Å². The van der Waals surface area contributed by atoms with E-state index in [0.29, 0.717) is 6.61 Å². The van der Waals surface area contributed by atoms with Crippen LogP contribution in [0.4, 0.5) is 0 Å². The minimum absolute atomic E-state index is 0.0394. The molecule has 0 fully saturated rings. The first-order valence-electron chi connectivity index (χ1n) is 1.78. The molecule has 0 unspecified atom stereocenters. The van der Waals surface area contributed by atoms with Crippen molar-refractivity contribution in [2.45, 2.75) is 6.92 Å². The molecule has 0 aliphatic heterocycles. The molecule has 0 rings (SSSR count). The molecular weight excluding hydrogens is 78.0 g/mol. The average molecular weight is 86.1 g/mol. The molecule has 2 heteroatoms. The highest BCUT2D eigenvalue weighted by Crippen LogP contribution is 1.75. The smallest absolute Gasteiger partial charge is 0.184 e. The van der Waals surface area contributed by atoms with Gasteiger partial charge < -0.3 is 10.5 Å². The normalized spacial score (nSPS) is 7.50. The largest absolute Gasteiger partial charge is 0.480 e. The van der Waals surface area contributed by atoms with Crippen molar-refractivity contribution in [3.63, 3.8) is 0 Å². The Kier molecular flexibility index (Phi) is 2.29. The molecule has 2 N–H and O–H groups in total. The SMILES string of the molecule is [CH]=C(N)OCC. The van der Waals surface area contributed by atoms with Crippen molar-refractivity contribution in [3.8, 4) is 0 Å². The van der Waals surface area contributed by atoms with E-state index in [1.165, 1.54) is 0 Å². The summed E-state index contributed by atoms with van der Waals surface area (Å²) in [7, 11) is 0. The summed E-state index contributed by atoms with van der Waals surface area (Å²) in [6, 6.07) is 0. The predicted molar refractivity (Wildman–Crippen MR) is 23.6 cm³/mol. The Morgan fingerprint density at radius 1 is 2.00 bits per heavy atom. The molecule has 0 bridgehead atoms. The lowest BCUT2D eigenvalue weighted by Gasteiger charge is -1.95. The molecule has 0 saturated carbocycles. The molecule has 0 spiro atoms. The van der Waals surface area contributed by atoms with E-state index in [1.54, 1.807) is 0 Å². The summed E-state index contributed by atoms with van der Waals surface area (Å²) >= 11 is 0. The Hall–Kier alpha value is -0.660. The maximum atomic E-state index is 4.88. The summed E-state index contributed by atoms with van der Waals surface area (Å²) in [4.78, 5) is 0. The van der Waals surface area contributed by atoms with Crippen molar-refractivity contribution in [2.75, 3.05) is 6.61 Å². The molecule has 0 aromatic heterocycles. The lowest BCUT2D eigenvalue weighted by Crippen LogP contribution is -1.99. The van der Waals surface area contributed by atoms with Crippen LogP contribution in [0.25, 0.3) is 0 Å².